The molecule has 1 aromatic heterocycles. The molecule has 3 aromatic rings. The fraction of sp³-hybridized carbons (Fsp3) is 0.250. The van der Waals surface area contributed by atoms with Gasteiger partial charge in [0.05, 0.1) is 27.1 Å². The van der Waals surface area contributed by atoms with Crippen LogP contribution in [0.3, 0.4) is 0 Å². The second kappa shape index (κ2) is 8.86. The van der Waals surface area contributed by atoms with Crippen LogP contribution < -0.4 is 14.2 Å². The molecule has 0 saturated carbocycles. The van der Waals surface area contributed by atoms with Crippen LogP contribution in [0.1, 0.15) is 27.9 Å². The summed E-state index contributed by atoms with van der Waals surface area (Å²) in [6.07, 6.45) is 8.78. The van der Waals surface area contributed by atoms with E-state index in [0.717, 1.165) is 41.0 Å². The van der Waals surface area contributed by atoms with Crippen LogP contribution in [-0.2, 0) is 13.0 Å². The first-order valence-electron chi connectivity index (χ1n) is 9.87. The molecule has 6 heteroatoms. The highest BCUT2D eigenvalue weighted by Crippen LogP contribution is 2.35. The van der Waals surface area contributed by atoms with Crippen molar-refractivity contribution in [2.45, 2.75) is 19.4 Å². The molecule has 0 fully saturated rings. The lowest BCUT2D eigenvalue weighted by Crippen LogP contribution is -2.14. The van der Waals surface area contributed by atoms with Crippen molar-refractivity contribution < 1.29 is 19.0 Å². The third-order valence-electron chi connectivity index (χ3n) is 5.22. The minimum atomic E-state index is 0.0473. The van der Waals surface area contributed by atoms with Crippen molar-refractivity contribution in [1.82, 2.24) is 9.55 Å². The number of methoxy groups -OCH3 is 2. The topological polar surface area (TPSA) is 62.6 Å². The van der Waals surface area contributed by atoms with Gasteiger partial charge in [0.25, 0.3) is 0 Å². The lowest BCUT2D eigenvalue weighted by Gasteiger charge is -2.19. The van der Waals surface area contributed by atoms with E-state index >= 15 is 0 Å². The number of carbonyl (C=O) groups excluding carboxylic acids is 1. The summed E-state index contributed by atoms with van der Waals surface area (Å²) in [4.78, 5) is 17.1. The Bertz CT molecular complexity index is 1070. The molecule has 0 radical (unpaired) electrons. The van der Waals surface area contributed by atoms with Gasteiger partial charge >= 0.3 is 0 Å². The molecule has 4 rings (SSSR count). The van der Waals surface area contributed by atoms with E-state index in [0.29, 0.717) is 24.5 Å². The molecule has 0 aliphatic heterocycles. The number of aryl methyl sites for hydroxylation is 1. The van der Waals surface area contributed by atoms with Crippen LogP contribution in [0, 0.1) is 0 Å². The maximum Gasteiger partial charge on any atom is 0.189 e. The van der Waals surface area contributed by atoms with Crippen LogP contribution in [-0.4, -0.2) is 36.2 Å². The molecular weight excluding hydrogens is 380 g/mol. The van der Waals surface area contributed by atoms with E-state index in [1.165, 1.54) is 0 Å². The van der Waals surface area contributed by atoms with Gasteiger partial charge in [-0.3, -0.25) is 4.79 Å². The molecule has 0 unspecified atom stereocenters. The maximum absolute atomic E-state index is 13.1. The minimum Gasteiger partial charge on any atom is -0.493 e. The first kappa shape index (κ1) is 19.8. The Balaban J connectivity index is 1.51. The number of Topliss-reactive ketones (excluding diaryl/α,β-unsaturated/α-hetero) is 1. The Morgan fingerprint density at radius 2 is 2.03 bits per heavy atom. The lowest BCUT2D eigenvalue weighted by atomic mass is 9.86. The molecule has 30 heavy (non-hydrogen) atoms. The van der Waals surface area contributed by atoms with Gasteiger partial charge in [-0.2, -0.15) is 0 Å². The Hall–Kier alpha value is -3.54. The van der Waals surface area contributed by atoms with Gasteiger partial charge in [0.1, 0.15) is 12.4 Å². The number of hydrogen-bond donors (Lipinski definition) is 0. The van der Waals surface area contributed by atoms with Gasteiger partial charge in [-0.25, -0.2) is 4.98 Å². The van der Waals surface area contributed by atoms with Crippen LogP contribution in [0.25, 0.3) is 6.08 Å². The van der Waals surface area contributed by atoms with Gasteiger partial charge in [-0.15, -0.1) is 0 Å². The van der Waals surface area contributed by atoms with Gasteiger partial charge in [-0.1, -0.05) is 12.1 Å². The maximum atomic E-state index is 13.1. The smallest absolute Gasteiger partial charge is 0.189 e. The normalized spacial score (nSPS) is 14.5. The van der Waals surface area contributed by atoms with Crippen LogP contribution in [0.5, 0.6) is 17.2 Å². The summed E-state index contributed by atoms with van der Waals surface area (Å²) in [5.74, 6) is 2.11. The summed E-state index contributed by atoms with van der Waals surface area (Å²) >= 11 is 0. The second-order valence-corrected chi connectivity index (χ2v) is 7.05. The summed E-state index contributed by atoms with van der Waals surface area (Å²) < 4.78 is 18.7. The lowest BCUT2D eigenvalue weighted by molar-refractivity contribution is 0.102. The number of hydrogen-bond acceptors (Lipinski definition) is 5. The highest BCUT2D eigenvalue weighted by Gasteiger charge is 2.23. The number of ether oxygens (including phenoxy) is 3. The largest absolute Gasteiger partial charge is 0.493 e. The number of fused-ring (bicyclic) bond motifs is 1. The van der Waals surface area contributed by atoms with Crippen LogP contribution in [0.2, 0.25) is 0 Å². The summed E-state index contributed by atoms with van der Waals surface area (Å²) in [5.41, 5.74) is 3.36. The average Bonchev–Trinajstić information content (AvgIpc) is 3.29. The average molecular weight is 404 g/mol. The van der Waals surface area contributed by atoms with E-state index in [1.807, 2.05) is 53.2 Å². The van der Waals surface area contributed by atoms with Gasteiger partial charge in [-0.05, 0) is 48.7 Å². The number of nitrogens with zero attached hydrogens (tertiary/aromatic N) is 2. The van der Waals surface area contributed by atoms with E-state index in [-0.39, 0.29) is 5.78 Å². The van der Waals surface area contributed by atoms with Crippen LogP contribution in [0.4, 0.5) is 0 Å². The highest BCUT2D eigenvalue weighted by molar-refractivity contribution is 6.13. The van der Waals surface area contributed by atoms with E-state index < -0.39 is 0 Å². The predicted molar refractivity (Wildman–Crippen MR) is 114 cm³/mol. The van der Waals surface area contributed by atoms with Crippen molar-refractivity contribution in [1.29, 1.82) is 0 Å². The third-order valence-corrected chi connectivity index (χ3v) is 5.22. The molecular formula is C24H24N2O4. The first-order chi connectivity index (χ1) is 14.7. The molecule has 154 valence electrons. The Morgan fingerprint density at radius 3 is 2.80 bits per heavy atom. The summed E-state index contributed by atoms with van der Waals surface area (Å²) in [6, 6.07) is 11.4. The number of carbonyl (C=O) groups is 1. The molecule has 0 spiro atoms. The zero-order valence-corrected chi connectivity index (χ0v) is 17.1. The van der Waals surface area contributed by atoms with Crippen molar-refractivity contribution in [3.8, 4) is 17.2 Å². The molecule has 1 aliphatic rings. The first-order valence-corrected chi connectivity index (χ1v) is 9.87. The Morgan fingerprint density at radius 1 is 1.13 bits per heavy atom. The molecule has 0 bridgehead atoms. The third kappa shape index (κ3) is 4.08. The van der Waals surface area contributed by atoms with Crippen LogP contribution >= 0.6 is 0 Å². The monoisotopic (exact) mass is 404 g/mol. The van der Waals surface area contributed by atoms with Crippen molar-refractivity contribution >= 4 is 11.9 Å². The van der Waals surface area contributed by atoms with E-state index in [1.54, 1.807) is 26.7 Å². The van der Waals surface area contributed by atoms with E-state index in [2.05, 4.69) is 4.98 Å². The number of aromatic nitrogens is 2. The number of para-hydroxylation sites is 1. The molecule has 1 aliphatic carbocycles. The summed E-state index contributed by atoms with van der Waals surface area (Å²) in [5, 5.41) is 0. The Labute approximate surface area is 175 Å². The van der Waals surface area contributed by atoms with E-state index in [9.17, 15) is 4.79 Å². The van der Waals surface area contributed by atoms with Gasteiger partial charge < -0.3 is 18.8 Å². The van der Waals surface area contributed by atoms with Crippen molar-refractivity contribution in [3.05, 3.63) is 77.4 Å². The fourth-order valence-corrected chi connectivity index (χ4v) is 3.68. The quantitative estimate of drug-likeness (QED) is 0.553. The molecule has 0 N–H and O–H groups in total. The summed E-state index contributed by atoms with van der Waals surface area (Å²) in [6.45, 7) is 1.27. The van der Waals surface area contributed by atoms with E-state index in [4.69, 9.17) is 14.2 Å². The van der Waals surface area contributed by atoms with Gasteiger partial charge in [0.15, 0.2) is 17.3 Å². The molecule has 0 amide bonds. The number of allylic oxidation sites excluding steroid dienone is 1. The molecule has 0 saturated heterocycles. The van der Waals surface area contributed by atoms with Gasteiger partial charge in [0.2, 0.25) is 0 Å². The zero-order valence-electron chi connectivity index (χ0n) is 17.1. The molecule has 0 atom stereocenters. The molecule has 2 aromatic carbocycles. The van der Waals surface area contributed by atoms with Crippen molar-refractivity contribution in [2.24, 2.45) is 0 Å². The minimum absolute atomic E-state index is 0.0473. The SMILES string of the molecule is COc1cccc(/C=C2\CCc3cc(OCCn4ccnc4)ccc3C2=O)c1OC. The fourth-order valence-electron chi connectivity index (χ4n) is 3.68. The Kier molecular flexibility index (Phi) is 5.84. The number of rotatable bonds is 7. The number of benzene rings is 2. The number of imidazole rings is 1. The second-order valence-electron chi connectivity index (χ2n) is 7.05. The highest BCUT2D eigenvalue weighted by atomic mass is 16.5. The zero-order chi connectivity index (χ0) is 20.9. The van der Waals surface area contributed by atoms with Crippen LogP contribution in [0.15, 0.2) is 60.7 Å². The van der Waals surface area contributed by atoms with Crippen molar-refractivity contribution in [2.75, 3.05) is 20.8 Å². The molecule has 6 nitrogen and oxygen atoms in total. The predicted octanol–water partition coefficient (Wildman–Crippen LogP) is 4.19. The van der Waals surface area contributed by atoms with Gasteiger partial charge in [0, 0.05) is 29.1 Å². The van der Waals surface area contributed by atoms with Crippen molar-refractivity contribution in [3.63, 3.8) is 0 Å². The standard InChI is InChI=1S/C24H24N2O4/c1-28-22-5-3-4-19(24(22)29-2)14-18-7-6-17-15-20(8-9-21(17)23(18)27)30-13-12-26-11-10-25-16-26/h3-5,8-11,14-16H,6-7,12-13H2,1-2H3/b18-14+. The molecule has 1 heterocycles. The number of ketones is 1. The summed E-state index contributed by atoms with van der Waals surface area (Å²) in [7, 11) is 3.21.